The van der Waals surface area contributed by atoms with E-state index in [4.69, 9.17) is 0 Å². The zero-order chi connectivity index (χ0) is 22.7. The van der Waals surface area contributed by atoms with Crippen LogP contribution in [-0.2, 0) is 15.6 Å². The Morgan fingerprint density at radius 3 is 2.20 bits per heavy atom. The number of carbonyl (C=O) groups is 1. The van der Waals surface area contributed by atoms with E-state index in [0.717, 1.165) is 16.7 Å². The second kappa shape index (κ2) is 8.52. The second-order valence-corrected chi connectivity index (χ2v) is 8.97. The highest BCUT2D eigenvalue weighted by Gasteiger charge is 2.26. The summed E-state index contributed by atoms with van der Waals surface area (Å²) in [6.07, 6.45) is 1.49. The van der Waals surface area contributed by atoms with Crippen LogP contribution in [0.15, 0.2) is 26.8 Å². The second-order valence-electron chi connectivity index (χ2n) is 8.97. The van der Waals surface area contributed by atoms with Gasteiger partial charge < -0.3 is 10.4 Å². The SMILES string of the molecule is CC(C)(C)c1cc(/C=N/NC(=O)CNc2n[nH]c(=O)[nH]c2=O)cc(C(C)(C)C)c1O. The zero-order valence-corrected chi connectivity index (χ0v) is 18.0. The molecular formula is C20H28N6O4. The Morgan fingerprint density at radius 2 is 1.70 bits per heavy atom. The number of carbonyl (C=O) groups excluding carboxylic acids is 1. The van der Waals surface area contributed by atoms with Crippen LogP contribution in [0.5, 0.6) is 5.75 Å². The van der Waals surface area contributed by atoms with E-state index in [9.17, 15) is 19.5 Å². The van der Waals surface area contributed by atoms with E-state index in [-0.39, 0.29) is 28.9 Å². The molecule has 30 heavy (non-hydrogen) atoms. The molecule has 0 unspecified atom stereocenters. The zero-order valence-electron chi connectivity index (χ0n) is 18.0. The van der Waals surface area contributed by atoms with Gasteiger partial charge in [-0.15, -0.1) is 5.10 Å². The van der Waals surface area contributed by atoms with Crippen LogP contribution >= 0.6 is 0 Å². The number of rotatable bonds is 5. The van der Waals surface area contributed by atoms with Gasteiger partial charge in [0, 0.05) is 11.1 Å². The van der Waals surface area contributed by atoms with Gasteiger partial charge in [-0.3, -0.25) is 14.6 Å². The average molecular weight is 416 g/mol. The quantitative estimate of drug-likeness (QED) is 0.366. The number of nitrogens with one attached hydrogen (secondary N) is 4. The van der Waals surface area contributed by atoms with Gasteiger partial charge in [0.05, 0.1) is 12.8 Å². The maximum Gasteiger partial charge on any atom is 0.342 e. The van der Waals surface area contributed by atoms with Gasteiger partial charge in [-0.2, -0.15) is 5.10 Å². The van der Waals surface area contributed by atoms with E-state index in [1.54, 1.807) is 0 Å². The molecule has 1 heterocycles. The molecule has 10 nitrogen and oxygen atoms in total. The third-order valence-electron chi connectivity index (χ3n) is 4.28. The van der Waals surface area contributed by atoms with Gasteiger partial charge in [0.1, 0.15) is 5.75 Å². The van der Waals surface area contributed by atoms with E-state index >= 15 is 0 Å². The number of nitrogens with zero attached hydrogens (tertiary/aromatic N) is 2. The van der Waals surface area contributed by atoms with Crippen molar-refractivity contribution >= 4 is 17.9 Å². The minimum Gasteiger partial charge on any atom is -0.507 e. The van der Waals surface area contributed by atoms with Crippen LogP contribution in [0, 0.1) is 0 Å². The lowest BCUT2D eigenvalue weighted by Gasteiger charge is -2.27. The summed E-state index contributed by atoms with van der Waals surface area (Å²) in [6, 6.07) is 3.67. The summed E-state index contributed by atoms with van der Waals surface area (Å²) in [5.74, 6) is -0.430. The summed E-state index contributed by atoms with van der Waals surface area (Å²) >= 11 is 0. The molecule has 1 aromatic carbocycles. The molecule has 10 heteroatoms. The molecule has 0 radical (unpaired) electrons. The van der Waals surface area contributed by atoms with Crippen LogP contribution in [0.4, 0.5) is 5.82 Å². The number of phenolic OH excluding ortho intramolecular Hbond substituents is 1. The van der Waals surface area contributed by atoms with Gasteiger partial charge in [0.25, 0.3) is 11.5 Å². The van der Waals surface area contributed by atoms with Crippen LogP contribution in [0.1, 0.15) is 58.2 Å². The number of anilines is 1. The van der Waals surface area contributed by atoms with Crippen molar-refractivity contribution in [1.82, 2.24) is 20.6 Å². The lowest BCUT2D eigenvalue weighted by Crippen LogP contribution is -2.31. The van der Waals surface area contributed by atoms with E-state index < -0.39 is 17.2 Å². The van der Waals surface area contributed by atoms with Crippen molar-refractivity contribution in [3.8, 4) is 5.75 Å². The molecule has 0 aliphatic rings. The van der Waals surface area contributed by atoms with Crippen LogP contribution in [0.25, 0.3) is 0 Å². The number of amides is 1. The van der Waals surface area contributed by atoms with Crippen molar-refractivity contribution in [2.45, 2.75) is 52.4 Å². The predicted molar refractivity (Wildman–Crippen MR) is 115 cm³/mol. The number of aromatic nitrogens is 3. The number of aromatic hydroxyl groups is 1. The summed E-state index contributed by atoms with van der Waals surface area (Å²) in [6.45, 7) is 11.8. The highest BCUT2D eigenvalue weighted by atomic mass is 16.3. The summed E-state index contributed by atoms with van der Waals surface area (Å²) in [5.41, 5.74) is 2.63. The Kier molecular flexibility index (Phi) is 6.49. The van der Waals surface area contributed by atoms with E-state index in [2.05, 4.69) is 26.0 Å². The molecule has 0 fully saturated rings. The van der Waals surface area contributed by atoms with Crippen LogP contribution in [0.3, 0.4) is 0 Å². The lowest BCUT2D eigenvalue weighted by atomic mass is 9.78. The monoisotopic (exact) mass is 416 g/mol. The van der Waals surface area contributed by atoms with Gasteiger partial charge in [-0.25, -0.2) is 15.3 Å². The molecule has 0 saturated carbocycles. The maximum atomic E-state index is 12.0. The third-order valence-corrected chi connectivity index (χ3v) is 4.28. The number of aromatic amines is 2. The van der Waals surface area contributed by atoms with Crippen molar-refractivity contribution in [1.29, 1.82) is 0 Å². The Balaban J connectivity index is 2.14. The lowest BCUT2D eigenvalue weighted by molar-refractivity contribution is -0.119. The van der Waals surface area contributed by atoms with Gasteiger partial charge >= 0.3 is 5.69 Å². The predicted octanol–water partition coefficient (Wildman–Crippen LogP) is 1.32. The fourth-order valence-electron chi connectivity index (χ4n) is 2.72. The Labute approximate surface area is 173 Å². The summed E-state index contributed by atoms with van der Waals surface area (Å²) in [4.78, 5) is 36.4. The molecule has 0 aliphatic carbocycles. The standard InChI is InChI=1S/C20H28N6O4/c1-19(2,3)12-7-11(8-13(15(12)28)20(4,5)6)9-22-24-14(27)10-21-16-17(29)23-18(30)26-25-16/h7-9,28H,10H2,1-6H3,(H,21,25)(H,24,27)(H2,23,26,29,30)/b22-9+. The maximum absolute atomic E-state index is 12.0. The molecule has 0 atom stereocenters. The molecule has 0 bridgehead atoms. The fraction of sp³-hybridized carbons (Fsp3) is 0.450. The molecule has 2 rings (SSSR count). The molecular weight excluding hydrogens is 388 g/mol. The first-order chi connectivity index (χ1) is 13.8. The minimum absolute atomic E-state index is 0.183. The smallest absolute Gasteiger partial charge is 0.342 e. The first kappa shape index (κ1) is 22.9. The highest BCUT2D eigenvalue weighted by Crippen LogP contribution is 2.39. The third kappa shape index (κ3) is 5.79. The Morgan fingerprint density at radius 1 is 1.13 bits per heavy atom. The summed E-state index contributed by atoms with van der Waals surface area (Å²) in [7, 11) is 0. The number of hydrogen-bond acceptors (Lipinski definition) is 7. The van der Waals surface area contributed by atoms with Crippen molar-refractivity contribution in [2.75, 3.05) is 11.9 Å². The first-order valence-corrected chi connectivity index (χ1v) is 9.42. The first-order valence-electron chi connectivity index (χ1n) is 9.42. The largest absolute Gasteiger partial charge is 0.507 e. The van der Waals surface area contributed by atoms with Crippen molar-refractivity contribution in [3.63, 3.8) is 0 Å². The normalized spacial score (nSPS) is 12.2. The summed E-state index contributed by atoms with van der Waals surface area (Å²) in [5, 5.41) is 22.8. The molecule has 0 aliphatic heterocycles. The topological polar surface area (TPSA) is 152 Å². The van der Waals surface area contributed by atoms with Gasteiger partial charge in [-0.05, 0) is 28.5 Å². The van der Waals surface area contributed by atoms with Crippen molar-refractivity contribution in [2.24, 2.45) is 5.10 Å². The van der Waals surface area contributed by atoms with Crippen molar-refractivity contribution in [3.05, 3.63) is 49.7 Å². The van der Waals surface area contributed by atoms with E-state index in [0.29, 0.717) is 0 Å². The average Bonchev–Trinajstić information content (AvgIpc) is 2.60. The Hall–Kier alpha value is -3.43. The van der Waals surface area contributed by atoms with Gasteiger partial charge in [0.2, 0.25) is 5.82 Å². The minimum atomic E-state index is -0.738. The van der Waals surface area contributed by atoms with Crippen LogP contribution in [-0.4, -0.2) is 39.0 Å². The molecule has 2 aromatic rings. The number of H-pyrrole nitrogens is 2. The number of phenols is 1. The van der Waals surface area contributed by atoms with E-state index in [1.807, 2.05) is 58.7 Å². The summed E-state index contributed by atoms with van der Waals surface area (Å²) < 4.78 is 0. The van der Waals surface area contributed by atoms with E-state index in [1.165, 1.54) is 6.21 Å². The van der Waals surface area contributed by atoms with Gasteiger partial charge in [-0.1, -0.05) is 41.5 Å². The van der Waals surface area contributed by atoms with Crippen LogP contribution < -0.4 is 22.0 Å². The molecule has 5 N–H and O–H groups in total. The molecule has 1 amide bonds. The van der Waals surface area contributed by atoms with Crippen LogP contribution in [0.2, 0.25) is 0 Å². The number of hydrazone groups is 1. The number of hydrogen-bond donors (Lipinski definition) is 5. The molecule has 0 saturated heterocycles. The fourth-order valence-corrected chi connectivity index (χ4v) is 2.72. The molecule has 1 aromatic heterocycles. The molecule has 162 valence electrons. The highest BCUT2D eigenvalue weighted by molar-refractivity contribution is 5.85. The van der Waals surface area contributed by atoms with Gasteiger partial charge in [0.15, 0.2) is 0 Å². The Bertz CT molecular complexity index is 1040. The van der Waals surface area contributed by atoms with Crippen molar-refractivity contribution < 1.29 is 9.90 Å². The number of benzene rings is 1. The molecule has 0 spiro atoms.